The van der Waals surface area contributed by atoms with Crippen LogP contribution in [0.1, 0.15) is 258 Å². The van der Waals surface area contributed by atoms with Crippen molar-refractivity contribution in [3.63, 3.8) is 0 Å². The van der Waals surface area contributed by atoms with Crippen molar-refractivity contribution in [1.82, 2.24) is 0 Å². The Morgan fingerprint density at radius 2 is 0.650 bits per heavy atom. The minimum Gasteiger partial charge on any atom is -0.462 e. The number of rotatable bonds is 46. The van der Waals surface area contributed by atoms with Gasteiger partial charge in [0, 0.05) is 19.3 Å². The summed E-state index contributed by atoms with van der Waals surface area (Å²) in [6.45, 7) is 6.51. The zero-order valence-corrected chi connectivity index (χ0v) is 39.7. The number of allylic oxidation sites excluding steroid dienone is 8. The molecular formula is C54H96O6. The summed E-state index contributed by atoms with van der Waals surface area (Å²) in [5, 5.41) is 0. The van der Waals surface area contributed by atoms with Crippen LogP contribution in [0.15, 0.2) is 48.6 Å². The highest BCUT2D eigenvalue weighted by Gasteiger charge is 2.19. The Labute approximate surface area is 371 Å². The third-order valence-electron chi connectivity index (χ3n) is 11.1. The number of carbonyl (C=O) groups excluding carboxylic acids is 3. The number of unbranched alkanes of at least 4 members (excludes halogenated alkanes) is 27. The second-order valence-electron chi connectivity index (χ2n) is 17.1. The van der Waals surface area contributed by atoms with Gasteiger partial charge >= 0.3 is 17.9 Å². The molecule has 0 N–H and O–H groups in total. The summed E-state index contributed by atoms with van der Waals surface area (Å²) in [7, 11) is 0. The number of ether oxygens (including phenoxy) is 3. The predicted molar refractivity (Wildman–Crippen MR) is 256 cm³/mol. The Balaban J connectivity index is 4.40. The van der Waals surface area contributed by atoms with Crippen LogP contribution in [0.4, 0.5) is 0 Å². The second kappa shape index (κ2) is 49.0. The third-order valence-corrected chi connectivity index (χ3v) is 11.1. The van der Waals surface area contributed by atoms with Crippen LogP contribution in [0, 0.1) is 0 Å². The molecule has 0 rings (SSSR count). The van der Waals surface area contributed by atoms with Gasteiger partial charge in [-0.05, 0) is 77.0 Å². The Kier molecular flexibility index (Phi) is 46.9. The first kappa shape index (κ1) is 57.4. The summed E-state index contributed by atoms with van der Waals surface area (Å²) < 4.78 is 16.8. The van der Waals surface area contributed by atoms with Crippen molar-refractivity contribution < 1.29 is 28.6 Å². The van der Waals surface area contributed by atoms with Crippen LogP contribution < -0.4 is 0 Å². The van der Waals surface area contributed by atoms with E-state index < -0.39 is 6.10 Å². The number of hydrogen-bond donors (Lipinski definition) is 0. The summed E-state index contributed by atoms with van der Waals surface area (Å²) in [6.07, 6.45) is 58.0. The molecule has 60 heavy (non-hydrogen) atoms. The van der Waals surface area contributed by atoms with E-state index in [-0.39, 0.29) is 31.1 Å². The molecule has 6 heteroatoms. The molecule has 0 aliphatic heterocycles. The third kappa shape index (κ3) is 46.4. The van der Waals surface area contributed by atoms with E-state index in [1.807, 2.05) is 0 Å². The predicted octanol–water partition coefficient (Wildman–Crippen LogP) is 16.7. The summed E-state index contributed by atoms with van der Waals surface area (Å²) in [5.74, 6) is -0.900. The summed E-state index contributed by atoms with van der Waals surface area (Å²) in [6, 6.07) is 0. The fourth-order valence-electron chi connectivity index (χ4n) is 7.22. The molecule has 0 aromatic carbocycles. The average Bonchev–Trinajstić information content (AvgIpc) is 3.24. The molecule has 0 aromatic rings. The monoisotopic (exact) mass is 841 g/mol. The first-order valence-corrected chi connectivity index (χ1v) is 25.6. The van der Waals surface area contributed by atoms with Gasteiger partial charge in [0.2, 0.25) is 0 Å². The van der Waals surface area contributed by atoms with Crippen molar-refractivity contribution in [2.45, 2.75) is 264 Å². The van der Waals surface area contributed by atoms with Crippen molar-refractivity contribution in [1.29, 1.82) is 0 Å². The topological polar surface area (TPSA) is 78.9 Å². The fourth-order valence-corrected chi connectivity index (χ4v) is 7.22. The van der Waals surface area contributed by atoms with Crippen LogP contribution >= 0.6 is 0 Å². The Hall–Kier alpha value is -2.63. The average molecular weight is 841 g/mol. The number of esters is 3. The van der Waals surface area contributed by atoms with Crippen molar-refractivity contribution in [2.75, 3.05) is 13.2 Å². The van der Waals surface area contributed by atoms with E-state index in [9.17, 15) is 14.4 Å². The summed E-state index contributed by atoms with van der Waals surface area (Å²) in [4.78, 5) is 37.9. The van der Waals surface area contributed by atoms with E-state index in [4.69, 9.17) is 14.2 Å². The molecule has 0 heterocycles. The maximum absolute atomic E-state index is 12.8. The van der Waals surface area contributed by atoms with E-state index in [0.717, 1.165) is 103 Å². The molecule has 0 aliphatic rings. The van der Waals surface area contributed by atoms with Crippen LogP contribution in [0.5, 0.6) is 0 Å². The molecule has 0 fully saturated rings. The van der Waals surface area contributed by atoms with Crippen LogP contribution in [-0.2, 0) is 28.6 Å². The van der Waals surface area contributed by atoms with Crippen LogP contribution in [0.2, 0.25) is 0 Å². The highest BCUT2D eigenvalue weighted by atomic mass is 16.6. The van der Waals surface area contributed by atoms with Gasteiger partial charge in [0.25, 0.3) is 0 Å². The lowest BCUT2D eigenvalue weighted by molar-refractivity contribution is -0.167. The maximum atomic E-state index is 12.8. The second-order valence-corrected chi connectivity index (χ2v) is 17.1. The first-order chi connectivity index (χ1) is 29.5. The molecule has 0 radical (unpaired) electrons. The van der Waals surface area contributed by atoms with Gasteiger partial charge in [0.15, 0.2) is 6.10 Å². The van der Waals surface area contributed by atoms with Gasteiger partial charge in [-0.3, -0.25) is 14.4 Å². The van der Waals surface area contributed by atoms with Gasteiger partial charge in [-0.1, -0.05) is 211 Å². The van der Waals surface area contributed by atoms with Gasteiger partial charge in [-0.2, -0.15) is 0 Å². The van der Waals surface area contributed by atoms with Crippen molar-refractivity contribution in [2.24, 2.45) is 0 Å². The van der Waals surface area contributed by atoms with E-state index in [0.29, 0.717) is 19.3 Å². The quantitative estimate of drug-likeness (QED) is 0.0263. The Morgan fingerprint density at radius 1 is 0.350 bits per heavy atom. The van der Waals surface area contributed by atoms with Crippen molar-refractivity contribution in [3.8, 4) is 0 Å². The lowest BCUT2D eigenvalue weighted by Crippen LogP contribution is -2.30. The van der Waals surface area contributed by atoms with E-state index in [1.165, 1.54) is 116 Å². The van der Waals surface area contributed by atoms with Gasteiger partial charge < -0.3 is 14.2 Å². The van der Waals surface area contributed by atoms with Crippen molar-refractivity contribution >= 4 is 17.9 Å². The zero-order chi connectivity index (χ0) is 43.7. The van der Waals surface area contributed by atoms with E-state index >= 15 is 0 Å². The minimum atomic E-state index is -0.782. The largest absolute Gasteiger partial charge is 0.462 e. The molecule has 348 valence electrons. The molecule has 0 saturated carbocycles. The SMILES string of the molecule is CC/C=C\C/C=C\C/C=C\CCCCCCCC(=O)O[C@H](COC(=O)CCCCCCC/C=C\CCCCCCCC)COC(=O)CCCCCCCCCCCCCC. The molecule has 0 unspecified atom stereocenters. The van der Waals surface area contributed by atoms with Crippen LogP contribution in [-0.4, -0.2) is 37.2 Å². The van der Waals surface area contributed by atoms with E-state index in [2.05, 4.69) is 69.4 Å². The molecular weight excluding hydrogens is 745 g/mol. The molecule has 6 nitrogen and oxygen atoms in total. The molecule has 1 atom stereocenters. The molecule has 0 saturated heterocycles. The van der Waals surface area contributed by atoms with E-state index in [1.54, 1.807) is 0 Å². The molecule has 0 aliphatic carbocycles. The number of hydrogen-bond acceptors (Lipinski definition) is 6. The molecule has 0 spiro atoms. The number of carbonyl (C=O) groups is 3. The molecule has 0 bridgehead atoms. The van der Waals surface area contributed by atoms with Crippen LogP contribution in [0.25, 0.3) is 0 Å². The normalized spacial score (nSPS) is 12.4. The Bertz CT molecular complexity index is 1060. The minimum absolute atomic E-state index is 0.0806. The van der Waals surface area contributed by atoms with Crippen LogP contribution in [0.3, 0.4) is 0 Å². The van der Waals surface area contributed by atoms with Gasteiger partial charge in [-0.25, -0.2) is 0 Å². The molecule has 0 amide bonds. The smallest absolute Gasteiger partial charge is 0.306 e. The molecule has 0 aromatic heterocycles. The Morgan fingerprint density at radius 3 is 1.03 bits per heavy atom. The first-order valence-electron chi connectivity index (χ1n) is 25.6. The standard InChI is InChI=1S/C54H96O6/c1-4-7-10-13-16-19-22-25-27-29-32-35-38-41-44-47-53(56)59-50-51(49-58-52(55)46-43-40-37-34-31-24-21-18-15-12-9-6-3)60-54(57)48-45-42-39-36-33-30-28-26-23-20-17-14-11-8-5-2/h8,11,17,20,25-28,51H,4-7,9-10,12-16,18-19,21-24,29-50H2,1-3H3/b11-8-,20-17-,27-25-,28-26-/t51-/m0/s1. The van der Waals surface area contributed by atoms with Crippen molar-refractivity contribution in [3.05, 3.63) is 48.6 Å². The van der Waals surface area contributed by atoms with Gasteiger partial charge in [-0.15, -0.1) is 0 Å². The van der Waals surface area contributed by atoms with Gasteiger partial charge in [0.1, 0.15) is 13.2 Å². The summed E-state index contributed by atoms with van der Waals surface area (Å²) >= 11 is 0. The van der Waals surface area contributed by atoms with Gasteiger partial charge in [0.05, 0.1) is 0 Å². The zero-order valence-electron chi connectivity index (χ0n) is 39.7. The fraction of sp³-hybridized carbons (Fsp3) is 0.796. The highest BCUT2D eigenvalue weighted by Crippen LogP contribution is 2.15. The summed E-state index contributed by atoms with van der Waals surface area (Å²) in [5.41, 5.74) is 0. The highest BCUT2D eigenvalue weighted by molar-refractivity contribution is 5.71. The maximum Gasteiger partial charge on any atom is 0.306 e. The lowest BCUT2D eigenvalue weighted by atomic mass is 10.0. The lowest BCUT2D eigenvalue weighted by Gasteiger charge is -2.18.